The molecule has 2 aliphatic rings. The Morgan fingerprint density at radius 2 is 2.22 bits per heavy atom. The summed E-state index contributed by atoms with van der Waals surface area (Å²) in [6.45, 7) is 4.84. The lowest BCUT2D eigenvalue weighted by atomic mass is 10.0. The monoisotopic (exact) mass is 323 g/mol. The Bertz CT molecular complexity index is 473. The molecule has 0 saturated carbocycles. The second-order valence-electron chi connectivity index (χ2n) is 6.94. The Morgan fingerprint density at radius 3 is 2.96 bits per heavy atom. The third-order valence-electron chi connectivity index (χ3n) is 4.81. The van der Waals surface area contributed by atoms with Crippen LogP contribution in [0.25, 0.3) is 0 Å². The number of rotatable bonds is 7. The number of aromatic nitrogens is 2. The number of hydrogen-bond acceptors (Lipinski definition) is 5. The van der Waals surface area contributed by atoms with Crippen LogP contribution < -0.4 is 0 Å². The Morgan fingerprint density at radius 1 is 1.39 bits per heavy atom. The number of ether oxygens (including phenoxy) is 2. The van der Waals surface area contributed by atoms with Crippen molar-refractivity contribution in [3.63, 3.8) is 0 Å². The zero-order valence-electron chi connectivity index (χ0n) is 14.1. The zero-order chi connectivity index (χ0) is 16.1. The Hall–Kier alpha value is -0.950. The van der Waals surface area contributed by atoms with Gasteiger partial charge < -0.3 is 19.5 Å². The summed E-state index contributed by atoms with van der Waals surface area (Å²) in [6.07, 6.45) is 8.10. The Kier molecular flexibility index (Phi) is 6.05. The molecule has 6 heteroatoms. The molecule has 0 bridgehead atoms. The predicted molar refractivity (Wildman–Crippen MR) is 87.3 cm³/mol. The van der Waals surface area contributed by atoms with Crippen LogP contribution in [0.1, 0.15) is 24.8 Å². The second kappa shape index (κ2) is 8.24. The molecular formula is C17H29N3O3. The minimum absolute atomic E-state index is 0.260. The van der Waals surface area contributed by atoms with Gasteiger partial charge in [-0.1, -0.05) is 0 Å². The molecule has 0 aromatic carbocycles. The van der Waals surface area contributed by atoms with Crippen LogP contribution in [0.5, 0.6) is 0 Å². The van der Waals surface area contributed by atoms with E-state index in [2.05, 4.69) is 16.2 Å². The normalized spacial score (nSPS) is 25.0. The van der Waals surface area contributed by atoms with E-state index in [1.54, 1.807) is 0 Å². The van der Waals surface area contributed by atoms with E-state index in [0.717, 1.165) is 45.6 Å². The topological polar surface area (TPSA) is 59.8 Å². The summed E-state index contributed by atoms with van der Waals surface area (Å²) in [5, 5.41) is 14.4. The highest BCUT2D eigenvalue weighted by molar-refractivity contribution is 5.05. The maximum absolute atomic E-state index is 10.2. The first-order chi connectivity index (χ1) is 11.2. The van der Waals surface area contributed by atoms with Gasteiger partial charge >= 0.3 is 0 Å². The van der Waals surface area contributed by atoms with Crippen LogP contribution in [0.4, 0.5) is 0 Å². The van der Waals surface area contributed by atoms with Crippen molar-refractivity contribution in [2.75, 3.05) is 39.5 Å². The smallest absolute Gasteiger partial charge is 0.0900 e. The SMILES string of the molecule is Cn1cc(CC2CCN(CC(O)COC3CCOCC3)C2)cn1. The average molecular weight is 323 g/mol. The first kappa shape index (κ1) is 16.9. The van der Waals surface area contributed by atoms with Gasteiger partial charge in [-0.15, -0.1) is 0 Å². The van der Waals surface area contributed by atoms with Gasteiger partial charge in [0.1, 0.15) is 0 Å². The van der Waals surface area contributed by atoms with Crippen molar-refractivity contribution in [1.29, 1.82) is 0 Å². The van der Waals surface area contributed by atoms with Gasteiger partial charge in [-0.05, 0) is 43.7 Å². The van der Waals surface area contributed by atoms with Crippen LogP contribution in [-0.4, -0.2) is 71.4 Å². The van der Waals surface area contributed by atoms with Crippen molar-refractivity contribution < 1.29 is 14.6 Å². The van der Waals surface area contributed by atoms with Crippen LogP contribution in [-0.2, 0) is 22.9 Å². The minimum Gasteiger partial charge on any atom is -0.389 e. The molecule has 2 aliphatic heterocycles. The number of aliphatic hydroxyl groups excluding tert-OH is 1. The van der Waals surface area contributed by atoms with Crippen molar-refractivity contribution >= 4 is 0 Å². The van der Waals surface area contributed by atoms with Gasteiger partial charge in [-0.3, -0.25) is 4.68 Å². The van der Waals surface area contributed by atoms with E-state index in [9.17, 15) is 5.11 Å². The summed E-state index contributed by atoms with van der Waals surface area (Å²) in [6, 6.07) is 0. The molecule has 0 radical (unpaired) electrons. The number of nitrogens with zero attached hydrogens (tertiary/aromatic N) is 3. The maximum atomic E-state index is 10.2. The lowest BCUT2D eigenvalue weighted by Crippen LogP contribution is -2.35. The average Bonchev–Trinajstić information content (AvgIpc) is 3.16. The van der Waals surface area contributed by atoms with Gasteiger partial charge in [0.05, 0.1) is 25.0 Å². The summed E-state index contributed by atoms with van der Waals surface area (Å²) in [7, 11) is 1.96. The van der Waals surface area contributed by atoms with Gasteiger partial charge in [0.15, 0.2) is 0 Å². The predicted octanol–water partition coefficient (Wildman–Crippen LogP) is 0.841. The third-order valence-corrected chi connectivity index (χ3v) is 4.81. The summed E-state index contributed by atoms with van der Waals surface area (Å²) < 4.78 is 13.0. The Balaban J connectivity index is 1.34. The first-order valence-electron chi connectivity index (χ1n) is 8.76. The van der Waals surface area contributed by atoms with Crippen molar-refractivity contribution in [3.05, 3.63) is 18.0 Å². The van der Waals surface area contributed by atoms with E-state index in [4.69, 9.17) is 9.47 Å². The minimum atomic E-state index is -0.394. The molecule has 1 aromatic rings. The van der Waals surface area contributed by atoms with Gasteiger partial charge in [0, 0.05) is 39.5 Å². The van der Waals surface area contributed by atoms with Gasteiger partial charge in [-0.25, -0.2) is 0 Å². The van der Waals surface area contributed by atoms with E-state index in [1.807, 2.05) is 17.9 Å². The molecule has 2 unspecified atom stereocenters. The molecule has 0 aliphatic carbocycles. The lowest BCUT2D eigenvalue weighted by molar-refractivity contribution is -0.0633. The molecule has 130 valence electrons. The first-order valence-corrected chi connectivity index (χ1v) is 8.76. The zero-order valence-corrected chi connectivity index (χ0v) is 14.1. The highest BCUT2D eigenvalue weighted by atomic mass is 16.5. The van der Waals surface area contributed by atoms with E-state index in [-0.39, 0.29) is 6.10 Å². The lowest BCUT2D eigenvalue weighted by Gasteiger charge is -2.25. The summed E-state index contributed by atoms with van der Waals surface area (Å²) in [4.78, 5) is 2.36. The second-order valence-corrected chi connectivity index (χ2v) is 6.94. The van der Waals surface area contributed by atoms with Crippen LogP contribution in [0.2, 0.25) is 0 Å². The highest BCUT2D eigenvalue weighted by Crippen LogP contribution is 2.21. The molecule has 3 heterocycles. The molecule has 1 aromatic heterocycles. The fraction of sp³-hybridized carbons (Fsp3) is 0.824. The third kappa shape index (κ3) is 5.28. The van der Waals surface area contributed by atoms with Gasteiger partial charge in [0.2, 0.25) is 0 Å². The quantitative estimate of drug-likeness (QED) is 0.806. The summed E-state index contributed by atoms with van der Waals surface area (Å²) in [5.41, 5.74) is 1.31. The number of aryl methyl sites for hydroxylation is 1. The molecular weight excluding hydrogens is 294 g/mol. The molecule has 23 heavy (non-hydrogen) atoms. The maximum Gasteiger partial charge on any atom is 0.0900 e. The number of β-amino-alcohol motifs (C(OH)–C–C–N with tert-alkyl or cyclic N) is 1. The van der Waals surface area contributed by atoms with Gasteiger partial charge in [0.25, 0.3) is 0 Å². The number of likely N-dealkylation sites (tertiary alicyclic amines) is 1. The standard InChI is InChI=1S/C17H29N3O3/c1-19-10-15(9-18-19)8-14-2-5-20(11-14)12-16(21)13-23-17-3-6-22-7-4-17/h9-10,14,16-17,21H,2-8,11-13H2,1H3. The largest absolute Gasteiger partial charge is 0.389 e. The molecule has 0 amide bonds. The van der Waals surface area contributed by atoms with Crippen LogP contribution in [0, 0.1) is 5.92 Å². The molecule has 2 fully saturated rings. The molecule has 6 nitrogen and oxygen atoms in total. The van der Waals surface area contributed by atoms with Crippen LogP contribution in [0.15, 0.2) is 12.4 Å². The van der Waals surface area contributed by atoms with Crippen molar-refractivity contribution in [2.24, 2.45) is 13.0 Å². The number of aliphatic hydroxyl groups is 1. The van der Waals surface area contributed by atoms with Crippen LogP contribution >= 0.6 is 0 Å². The van der Waals surface area contributed by atoms with Crippen molar-refractivity contribution in [2.45, 2.75) is 37.9 Å². The van der Waals surface area contributed by atoms with Gasteiger partial charge in [-0.2, -0.15) is 5.10 Å². The fourth-order valence-corrected chi connectivity index (χ4v) is 3.60. The fourth-order valence-electron chi connectivity index (χ4n) is 3.60. The van der Waals surface area contributed by atoms with E-state index < -0.39 is 6.10 Å². The molecule has 0 spiro atoms. The van der Waals surface area contributed by atoms with E-state index in [1.165, 1.54) is 12.0 Å². The molecule has 2 atom stereocenters. The summed E-state index contributed by atoms with van der Waals surface area (Å²) in [5.74, 6) is 0.669. The van der Waals surface area contributed by atoms with E-state index in [0.29, 0.717) is 19.1 Å². The summed E-state index contributed by atoms with van der Waals surface area (Å²) >= 11 is 0. The van der Waals surface area contributed by atoms with Crippen molar-refractivity contribution in [1.82, 2.24) is 14.7 Å². The number of hydrogen-bond donors (Lipinski definition) is 1. The Labute approximate surface area is 138 Å². The van der Waals surface area contributed by atoms with Crippen LogP contribution in [0.3, 0.4) is 0 Å². The molecule has 3 rings (SSSR count). The highest BCUT2D eigenvalue weighted by Gasteiger charge is 2.25. The molecule has 2 saturated heterocycles. The van der Waals surface area contributed by atoms with Crippen molar-refractivity contribution in [3.8, 4) is 0 Å². The van der Waals surface area contributed by atoms with E-state index >= 15 is 0 Å². The molecule has 1 N–H and O–H groups in total.